The number of rotatable bonds is 1. The van der Waals surface area contributed by atoms with Crippen LogP contribution in [0.25, 0.3) is 0 Å². The number of benzene rings is 1. The van der Waals surface area contributed by atoms with E-state index in [-0.39, 0.29) is 10.7 Å². The molecule has 1 aromatic carbocycles. The molecule has 0 bridgehead atoms. The molecule has 0 unspecified atom stereocenters. The first-order valence-electron chi connectivity index (χ1n) is 3.30. The molecule has 2 nitrogen and oxygen atoms in total. The summed E-state index contributed by atoms with van der Waals surface area (Å²) in [7, 11) is 0. The first-order chi connectivity index (χ1) is 6.31. The zero-order valence-electron chi connectivity index (χ0n) is 6.53. The molecule has 1 rings (SSSR count). The average molecular weight is 290 g/mol. The Hall–Kier alpha value is -0.620. The van der Waals surface area contributed by atoms with Crippen molar-refractivity contribution in [2.45, 2.75) is 6.36 Å². The van der Waals surface area contributed by atoms with Crippen LogP contribution in [0.5, 0.6) is 5.75 Å². The summed E-state index contributed by atoms with van der Waals surface area (Å²) in [6.45, 7) is 0. The van der Waals surface area contributed by atoms with E-state index in [9.17, 15) is 13.2 Å². The van der Waals surface area contributed by atoms with Gasteiger partial charge in [0, 0.05) is 4.47 Å². The second-order valence-corrected chi connectivity index (χ2v) is 3.55. The van der Waals surface area contributed by atoms with Crippen LogP contribution in [0.2, 0.25) is 5.02 Å². The number of hydrogen-bond donors (Lipinski definition) is 1. The third kappa shape index (κ3) is 2.68. The molecule has 0 fully saturated rings. The molecule has 78 valence electrons. The van der Waals surface area contributed by atoms with Gasteiger partial charge >= 0.3 is 6.36 Å². The fraction of sp³-hybridized carbons (Fsp3) is 0.143. The molecule has 0 saturated heterocycles. The van der Waals surface area contributed by atoms with Gasteiger partial charge in [-0.15, -0.1) is 13.2 Å². The largest absolute Gasteiger partial charge is 0.573 e. The van der Waals surface area contributed by atoms with Crippen molar-refractivity contribution in [3.8, 4) is 5.75 Å². The van der Waals surface area contributed by atoms with Crippen molar-refractivity contribution in [3.63, 3.8) is 0 Å². The molecule has 0 heterocycles. The highest BCUT2D eigenvalue weighted by Crippen LogP contribution is 2.37. The molecule has 0 amide bonds. The molecule has 0 saturated carbocycles. The maximum atomic E-state index is 11.8. The van der Waals surface area contributed by atoms with Crippen LogP contribution in [-0.4, -0.2) is 6.36 Å². The van der Waals surface area contributed by atoms with Crippen LogP contribution in [0, 0.1) is 0 Å². The Bertz CT molecular complexity index is 356. The van der Waals surface area contributed by atoms with Gasteiger partial charge < -0.3 is 10.5 Å². The van der Waals surface area contributed by atoms with Crippen molar-refractivity contribution in [2.24, 2.45) is 0 Å². The van der Waals surface area contributed by atoms with Gasteiger partial charge in [0.05, 0.1) is 5.69 Å². The quantitative estimate of drug-likeness (QED) is 0.802. The van der Waals surface area contributed by atoms with Crippen molar-refractivity contribution >= 4 is 33.2 Å². The number of hydrogen-bond acceptors (Lipinski definition) is 2. The molecule has 1 aromatic rings. The van der Waals surface area contributed by atoms with Gasteiger partial charge in [0.1, 0.15) is 10.8 Å². The van der Waals surface area contributed by atoms with Crippen molar-refractivity contribution < 1.29 is 17.9 Å². The normalized spacial score (nSPS) is 11.5. The lowest BCUT2D eigenvalue weighted by Crippen LogP contribution is -2.17. The van der Waals surface area contributed by atoms with Crippen molar-refractivity contribution in [2.75, 3.05) is 5.73 Å². The van der Waals surface area contributed by atoms with E-state index in [4.69, 9.17) is 17.3 Å². The van der Waals surface area contributed by atoms with E-state index < -0.39 is 12.1 Å². The van der Waals surface area contributed by atoms with Crippen LogP contribution in [-0.2, 0) is 0 Å². The summed E-state index contributed by atoms with van der Waals surface area (Å²) in [6, 6.07) is 2.40. The van der Waals surface area contributed by atoms with Crippen LogP contribution in [0.4, 0.5) is 18.9 Å². The molecule has 0 spiro atoms. The molecular formula is C7H4BrClF3NO. The number of alkyl halides is 3. The average Bonchev–Trinajstić information content (AvgIpc) is 2.04. The van der Waals surface area contributed by atoms with E-state index in [2.05, 4.69) is 20.7 Å². The first-order valence-corrected chi connectivity index (χ1v) is 4.47. The third-order valence-corrected chi connectivity index (χ3v) is 2.40. The summed E-state index contributed by atoms with van der Waals surface area (Å²) < 4.78 is 39.5. The minimum absolute atomic E-state index is 0.00779. The summed E-state index contributed by atoms with van der Waals surface area (Å²) in [6.07, 6.45) is -4.77. The number of halogens is 5. The topological polar surface area (TPSA) is 35.2 Å². The molecule has 0 radical (unpaired) electrons. The van der Waals surface area contributed by atoms with E-state index in [1.54, 1.807) is 0 Å². The summed E-state index contributed by atoms with van der Waals surface area (Å²) in [4.78, 5) is 0. The van der Waals surface area contributed by atoms with E-state index >= 15 is 0 Å². The van der Waals surface area contributed by atoms with Gasteiger partial charge in [-0.1, -0.05) is 11.6 Å². The van der Waals surface area contributed by atoms with Crippen LogP contribution >= 0.6 is 27.5 Å². The molecular weight excluding hydrogens is 286 g/mol. The lowest BCUT2D eigenvalue weighted by atomic mass is 10.3. The van der Waals surface area contributed by atoms with Crippen LogP contribution in [0.15, 0.2) is 16.6 Å². The lowest BCUT2D eigenvalue weighted by molar-refractivity contribution is -0.274. The van der Waals surface area contributed by atoms with Gasteiger partial charge in [-0.3, -0.25) is 0 Å². The fourth-order valence-electron chi connectivity index (χ4n) is 0.753. The minimum Gasteiger partial charge on any atom is -0.404 e. The van der Waals surface area contributed by atoms with E-state index in [0.717, 1.165) is 6.07 Å². The first kappa shape index (κ1) is 11.5. The Morgan fingerprint density at radius 3 is 2.43 bits per heavy atom. The Kier molecular flexibility index (Phi) is 3.16. The van der Waals surface area contributed by atoms with Gasteiger partial charge in [-0.2, -0.15) is 0 Å². The van der Waals surface area contributed by atoms with Crippen LogP contribution < -0.4 is 10.5 Å². The highest BCUT2D eigenvalue weighted by molar-refractivity contribution is 9.10. The molecule has 2 N–H and O–H groups in total. The second-order valence-electron chi connectivity index (χ2n) is 2.32. The Morgan fingerprint density at radius 1 is 1.36 bits per heavy atom. The minimum atomic E-state index is -4.77. The lowest BCUT2D eigenvalue weighted by Gasteiger charge is -2.11. The standard InChI is InChI=1S/C7H4BrClF3NO/c8-3-1-2-4(5(9)6(3)13)14-7(10,11)12/h1-2H,13H2. The summed E-state index contributed by atoms with van der Waals surface area (Å²) in [5.74, 6) is -0.514. The molecule has 0 aliphatic carbocycles. The Morgan fingerprint density at radius 2 is 1.93 bits per heavy atom. The highest BCUT2D eigenvalue weighted by atomic mass is 79.9. The maximum absolute atomic E-state index is 11.8. The summed E-state index contributed by atoms with van der Waals surface area (Å²) >= 11 is 8.54. The Balaban J connectivity index is 3.06. The van der Waals surface area contributed by atoms with E-state index in [1.807, 2.05) is 0 Å². The molecule has 0 aromatic heterocycles. The second kappa shape index (κ2) is 3.86. The van der Waals surface area contributed by atoms with Gasteiger partial charge in [-0.25, -0.2) is 0 Å². The van der Waals surface area contributed by atoms with E-state index in [0.29, 0.717) is 4.47 Å². The third-order valence-electron chi connectivity index (χ3n) is 1.32. The van der Waals surface area contributed by atoms with Crippen LogP contribution in [0.1, 0.15) is 0 Å². The summed E-state index contributed by atoms with van der Waals surface area (Å²) in [5.41, 5.74) is 5.38. The molecule has 0 atom stereocenters. The van der Waals surface area contributed by atoms with Crippen molar-refractivity contribution in [1.82, 2.24) is 0 Å². The molecule has 0 aliphatic rings. The Labute approximate surface area is 90.9 Å². The van der Waals surface area contributed by atoms with Gasteiger partial charge in [0.2, 0.25) is 0 Å². The monoisotopic (exact) mass is 289 g/mol. The smallest absolute Gasteiger partial charge is 0.404 e. The van der Waals surface area contributed by atoms with Crippen LogP contribution in [0.3, 0.4) is 0 Å². The number of nitrogen functional groups attached to an aromatic ring is 1. The molecule has 7 heteroatoms. The zero-order valence-corrected chi connectivity index (χ0v) is 8.87. The molecule has 14 heavy (non-hydrogen) atoms. The van der Waals surface area contributed by atoms with Crippen molar-refractivity contribution in [1.29, 1.82) is 0 Å². The molecule has 0 aliphatic heterocycles. The zero-order chi connectivity index (χ0) is 10.9. The van der Waals surface area contributed by atoms with Gasteiger partial charge in [0.15, 0.2) is 0 Å². The number of anilines is 1. The van der Waals surface area contributed by atoms with Gasteiger partial charge in [-0.05, 0) is 28.1 Å². The maximum Gasteiger partial charge on any atom is 0.573 e. The SMILES string of the molecule is Nc1c(Br)ccc(OC(F)(F)F)c1Cl. The van der Waals surface area contributed by atoms with Gasteiger partial charge in [0.25, 0.3) is 0 Å². The fourth-order valence-corrected chi connectivity index (χ4v) is 1.40. The highest BCUT2D eigenvalue weighted by Gasteiger charge is 2.32. The predicted octanol–water partition coefficient (Wildman–Crippen LogP) is 3.58. The van der Waals surface area contributed by atoms with E-state index in [1.165, 1.54) is 6.07 Å². The summed E-state index contributed by atoms with van der Waals surface area (Å²) in [5, 5.41) is -0.267. The number of ether oxygens (including phenoxy) is 1. The number of nitrogens with two attached hydrogens (primary N) is 1. The van der Waals surface area contributed by atoms with Crippen molar-refractivity contribution in [3.05, 3.63) is 21.6 Å². The predicted molar refractivity (Wildman–Crippen MR) is 50.2 cm³/mol.